The molecule has 1 heterocycles. The van der Waals surface area contributed by atoms with Crippen molar-refractivity contribution in [1.82, 2.24) is 20.5 Å². The van der Waals surface area contributed by atoms with Crippen LogP contribution in [0.5, 0.6) is 5.75 Å². The number of aliphatic imine (C=N–C) groups is 1. The van der Waals surface area contributed by atoms with E-state index >= 15 is 0 Å². The first-order valence-electron chi connectivity index (χ1n) is 8.53. The van der Waals surface area contributed by atoms with Crippen molar-refractivity contribution < 1.29 is 4.74 Å². The van der Waals surface area contributed by atoms with E-state index in [1.165, 1.54) is 0 Å². The number of rotatable bonds is 6. The molecule has 1 aromatic heterocycles. The minimum absolute atomic E-state index is 0. The average Bonchev–Trinajstić information content (AvgIpc) is 3.15. The Kier molecular flexibility index (Phi) is 8.54. The predicted octanol–water partition coefficient (Wildman–Crippen LogP) is 4.57. The van der Waals surface area contributed by atoms with Crippen LogP contribution in [-0.2, 0) is 6.54 Å². The summed E-state index contributed by atoms with van der Waals surface area (Å²) in [6, 6.07) is 12.7. The van der Waals surface area contributed by atoms with Gasteiger partial charge in [-0.25, -0.2) is 9.98 Å². The topological polar surface area (TPSA) is 101 Å². The maximum Gasteiger partial charge on any atom is 0.189 e. The minimum Gasteiger partial charge on any atom is -0.497 e. The summed E-state index contributed by atoms with van der Waals surface area (Å²) in [5.74, 6) is 2.24. The first kappa shape index (κ1) is 23.2. The molecule has 1 unspecified atom stereocenters. The van der Waals surface area contributed by atoms with Gasteiger partial charge in [-0.15, -0.1) is 24.0 Å². The second-order valence-corrected chi connectivity index (χ2v) is 6.91. The molecule has 0 bridgehead atoms. The zero-order chi connectivity index (χ0) is 20.1. The van der Waals surface area contributed by atoms with Crippen LogP contribution < -0.4 is 15.8 Å². The monoisotopic (exact) mass is 546 g/mol. The molecule has 0 saturated heterocycles. The molecular weight excluding hydrogens is 526 g/mol. The highest BCUT2D eigenvalue weighted by Gasteiger charge is 2.11. The highest BCUT2D eigenvalue weighted by atomic mass is 127. The van der Waals surface area contributed by atoms with Crippen LogP contribution in [0.25, 0.3) is 11.4 Å². The summed E-state index contributed by atoms with van der Waals surface area (Å²) >= 11 is 12.2. The zero-order valence-electron chi connectivity index (χ0n) is 15.8. The highest BCUT2D eigenvalue weighted by Crippen LogP contribution is 2.26. The Bertz CT molecular complexity index is 977. The second kappa shape index (κ2) is 10.7. The molecule has 0 aliphatic rings. The number of nitrogens with one attached hydrogen (secondary N) is 2. The number of aromatic amines is 1. The van der Waals surface area contributed by atoms with Crippen LogP contribution in [0.3, 0.4) is 0 Å². The van der Waals surface area contributed by atoms with Crippen LogP contribution in [0.15, 0.2) is 47.5 Å². The van der Waals surface area contributed by atoms with Crippen molar-refractivity contribution in [2.45, 2.75) is 19.5 Å². The number of nitrogens with zero attached hydrogens (tertiary/aromatic N) is 3. The van der Waals surface area contributed by atoms with E-state index in [0.717, 1.165) is 16.9 Å². The van der Waals surface area contributed by atoms with Crippen LogP contribution in [0.4, 0.5) is 0 Å². The molecule has 29 heavy (non-hydrogen) atoms. The molecule has 10 heteroatoms. The van der Waals surface area contributed by atoms with Crippen molar-refractivity contribution in [3.05, 3.63) is 63.9 Å². The van der Waals surface area contributed by atoms with Gasteiger partial charge in [-0.05, 0) is 48.9 Å². The maximum atomic E-state index is 6.22. The fourth-order valence-electron chi connectivity index (χ4n) is 2.59. The SMILES string of the molecule is COc1ccc(-c2n[nH]c(CN=C(N)NC(C)c3ccc(Cl)cc3Cl)n2)cc1.I. The molecule has 0 aliphatic heterocycles. The van der Waals surface area contributed by atoms with Crippen LogP contribution in [0.1, 0.15) is 24.4 Å². The van der Waals surface area contributed by atoms with Crippen molar-refractivity contribution in [2.75, 3.05) is 7.11 Å². The van der Waals surface area contributed by atoms with Gasteiger partial charge in [-0.1, -0.05) is 29.3 Å². The van der Waals surface area contributed by atoms with Gasteiger partial charge in [0, 0.05) is 15.6 Å². The number of halogens is 3. The molecule has 0 aliphatic carbocycles. The number of guanidine groups is 1. The lowest BCUT2D eigenvalue weighted by Gasteiger charge is -2.16. The minimum atomic E-state index is -0.127. The molecule has 0 saturated carbocycles. The Hall–Kier alpha value is -2.04. The number of benzene rings is 2. The molecule has 0 radical (unpaired) electrons. The third-order valence-corrected chi connectivity index (χ3v) is 4.63. The lowest BCUT2D eigenvalue weighted by atomic mass is 10.1. The summed E-state index contributed by atoms with van der Waals surface area (Å²) in [7, 11) is 1.62. The largest absolute Gasteiger partial charge is 0.497 e. The first-order chi connectivity index (χ1) is 13.5. The fourth-order valence-corrected chi connectivity index (χ4v) is 3.17. The third-order valence-electron chi connectivity index (χ3n) is 4.07. The van der Waals surface area contributed by atoms with Crippen LogP contribution in [-0.4, -0.2) is 28.3 Å². The Morgan fingerprint density at radius 2 is 1.97 bits per heavy atom. The molecule has 0 fully saturated rings. The summed E-state index contributed by atoms with van der Waals surface area (Å²) in [6.45, 7) is 2.21. The Morgan fingerprint density at radius 1 is 1.24 bits per heavy atom. The number of methoxy groups -OCH3 is 1. The van der Waals surface area contributed by atoms with Crippen molar-refractivity contribution in [2.24, 2.45) is 10.7 Å². The number of hydrogen-bond acceptors (Lipinski definition) is 4. The van der Waals surface area contributed by atoms with E-state index < -0.39 is 0 Å². The van der Waals surface area contributed by atoms with Gasteiger partial charge in [0.25, 0.3) is 0 Å². The predicted molar refractivity (Wildman–Crippen MR) is 127 cm³/mol. The zero-order valence-corrected chi connectivity index (χ0v) is 19.7. The Labute approximate surface area is 196 Å². The molecule has 7 nitrogen and oxygen atoms in total. The van der Waals surface area contributed by atoms with E-state index in [0.29, 0.717) is 21.7 Å². The molecule has 3 aromatic rings. The van der Waals surface area contributed by atoms with Gasteiger partial charge >= 0.3 is 0 Å². The number of H-pyrrole nitrogens is 1. The van der Waals surface area contributed by atoms with Gasteiger partial charge in [-0.3, -0.25) is 5.10 Å². The van der Waals surface area contributed by atoms with Gasteiger partial charge in [0.1, 0.15) is 18.1 Å². The van der Waals surface area contributed by atoms with E-state index in [4.69, 9.17) is 33.7 Å². The molecule has 1 atom stereocenters. The van der Waals surface area contributed by atoms with Crippen molar-refractivity contribution in [3.8, 4) is 17.1 Å². The molecule has 4 N–H and O–H groups in total. The lowest BCUT2D eigenvalue weighted by Crippen LogP contribution is -2.34. The summed E-state index contributed by atoms with van der Waals surface area (Å²) in [5.41, 5.74) is 7.74. The molecule has 154 valence electrons. The highest BCUT2D eigenvalue weighted by molar-refractivity contribution is 14.0. The van der Waals surface area contributed by atoms with Gasteiger partial charge in [0.05, 0.1) is 13.2 Å². The summed E-state index contributed by atoms with van der Waals surface area (Å²) < 4.78 is 5.15. The van der Waals surface area contributed by atoms with Gasteiger partial charge in [0.15, 0.2) is 11.8 Å². The molecule has 3 rings (SSSR count). The lowest BCUT2D eigenvalue weighted by molar-refractivity contribution is 0.415. The quantitative estimate of drug-likeness (QED) is 0.239. The van der Waals surface area contributed by atoms with Gasteiger partial charge < -0.3 is 15.8 Å². The molecule has 2 aromatic carbocycles. The van der Waals surface area contributed by atoms with E-state index in [1.807, 2.05) is 37.3 Å². The standard InChI is InChI=1S/C19H20Cl2N6O.HI/c1-11(15-8-5-13(20)9-16(15)21)24-19(22)23-10-17-25-18(27-26-17)12-3-6-14(28-2)7-4-12;/h3-9,11H,10H2,1-2H3,(H3,22,23,24)(H,25,26,27);1H. The maximum absolute atomic E-state index is 6.22. The summed E-state index contributed by atoms with van der Waals surface area (Å²) in [5, 5.41) is 11.3. The van der Waals surface area contributed by atoms with Crippen molar-refractivity contribution in [3.63, 3.8) is 0 Å². The summed E-state index contributed by atoms with van der Waals surface area (Å²) in [6.07, 6.45) is 0. The Morgan fingerprint density at radius 3 is 2.62 bits per heavy atom. The van der Waals surface area contributed by atoms with Crippen molar-refractivity contribution in [1.29, 1.82) is 0 Å². The third kappa shape index (κ3) is 6.22. The van der Waals surface area contributed by atoms with Crippen LogP contribution in [0, 0.1) is 0 Å². The van der Waals surface area contributed by atoms with Gasteiger partial charge in [0.2, 0.25) is 0 Å². The van der Waals surface area contributed by atoms with E-state index in [1.54, 1.807) is 19.2 Å². The molecule has 0 amide bonds. The average molecular weight is 547 g/mol. The molecule has 0 spiro atoms. The Balaban J connectivity index is 0.00000300. The smallest absolute Gasteiger partial charge is 0.189 e. The van der Waals surface area contributed by atoms with Gasteiger partial charge in [-0.2, -0.15) is 5.10 Å². The normalized spacial score (nSPS) is 12.2. The van der Waals surface area contributed by atoms with E-state index in [-0.39, 0.29) is 42.5 Å². The van der Waals surface area contributed by atoms with Crippen LogP contribution in [0.2, 0.25) is 10.0 Å². The number of nitrogens with two attached hydrogens (primary N) is 1. The second-order valence-electron chi connectivity index (χ2n) is 6.07. The van der Waals surface area contributed by atoms with Crippen molar-refractivity contribution >= 4 is 53.1 Å². The van der Waals surface area contributed by atoms with E-state index in [9.17, 15) is 0 Å². The number of aromatic nitrogens is 3. The number of hydrogen-bond donors (Lipinski definition) is 3. The van der Waals surface area contributed by atoms with E-state index in [2.05, 4.69) is 25.5 Å². The summed E-state index contributed by atoms with van der Waals surface area (Å²) in [4.78, 5) is 8.74. The fraction of sp³-hybridized carbons (Fsp3) is 0.211. The molecular formula is C19H21Cl2IN6O. The first-order valence-corrected chi connectivity index (χ1v) is 9.29. The van der Waals surface area contributed by atoms with Crippen LogP contribution >= 0.6 is 47.2 Å². The number of ether oxygens (including phenoxy) is 1.